The number of alkyl halides is 3. The summed E-state index contributed by atoms with van der Waals surface area (Å²) in [4.78, 5) is 50.2. The Kier molecular flexibility index (Phi) is 15.5. The number of hydrogen-bond donors (Lipinski definition) is 2. The number of benzene rings is 4. The Morgan fingerprint density at radius 2 is 1.37 bits per heavy atom. The maximum Gasteiger partial charge on any atom is 0.419 e. The molecule has 3 heterocycles. The average Bonchev–Trinajstić information content (AvgIpc) is 3.28. The molecule has 1 aliphatic heterocycles. The number of rotatable bonds is 8. The highest BCUT2D eigenvalue weighted by molar-refractivity contribution is 6.36. The topological polar surface area (TPSA) is 117 Å². The second-order valence-electron chi connectivity index (χ2n) is 14.3. The summed E-state index contributed by atoms with van der Waals surface area (Å²) in [5, 5.41) is 9.24. The van der Waals surface area contributed by atoms with E-state index in [0.717, 1.165) is 60.3 Å². The van der Waals surface area contributed by atoms with Crippen LogP contribution in [0.1, 0.15) is 87.8 Å². The van der Waals surface area contributed by atoms with Crippen molar-refractivity contribution < 1.29 is 36.7 Å². The number of nitrogens with one attached hydrogen (secondary N) is 2. The second-order valence-corrected chi connectivity index (χ2v) is 14.7. The van der Waals surface area contributed by atoms with Crippen molar-refractivity contribution in [3.63, 3.8) is 0 Å². The summed E-state index contributed by atoms with van der Waals surface area (Å²) in [6, 6.07) is 19.0. The van der Waals surface area contributed by atoms with Gasteiger partial charge in [-0.2, -0.15) is 13.2 Å². The first-order valence-electron chi connectivity index (χ1n) is 20.2. The summed E-state index contributed by atoms with van der Waals surface area (Å²) >= 11 is 6.45. The van der Waals surface area contributed by atoms with Gasteiger partial charge in [-0.3, -0.25) is 9.59 Å². The van der Waals surface area contributed by atoms with E-state index in [4.69, 9.17) is 16.3 Å². The molecule has 1 fully saturated rings. The van der Waals surface area contributed by atoms with Gasteiger partial charge in [0.1, 0.15) is 17.5 Å². The van der Waals surface area contributed by atoms with E-state index in [1.54, 1.807) is 48.5 Å². The van der Waals surface area contributed by atoms with Crippen molar-refractivity contribution in [1.82, 2.24) is 19.8 Å². The number of piperidine rings is 1. The van der Waals surface area contributed by atoms with Crippen LogP contribution >= 0.6 is 11.6 Å². The molecule has 2 N–H and O–H groups in total. The lowest BCUT2D eigenvalue weighted by Gasteiger charge is -2.27. The Morgan fingerprint density at radius 3 is 1.95 bits per heavy atom. The maximum absolute atomic E-state index is 13.6. The first kappa shape index (κ1) is 46.8. The van der Waals surface area contributed by atoms with E-state index in [1.807, 2.05) is 63.8 Å². The number of aryl methyl sites for hydroxylation is 2. The summed E-state index contributed by atoms with van der Waals surface area (Å²) in [5.74, 6) is -1.20. The van der Waals surface area contributed by atoms with Crippen molar-refractivity contribution in [3.8, 4) is 0 Å². The van der Waals surface area contributed by atoms with Gasteiger partial charge in [0.15, 0.2) is 0 Å². The van der Waals surface area contributed by atoms with Gasteiger partial charge in [0, 0.05) is 66.3 Å². The Bertz CT molecular complexity index is 2600. The number of anilines is 4. The lowest BCUT2D eigenvalue weighted by atomic mass is 10.00. The molecule has 15 heteroatoms. The molecule has 2 amide bonds. The van der Waals surface area contributed by atoms with E-state index in [-0.39, 0.29) is 33.9 Å². The molecule has 0 atom stereocenters. The minimum Gasteiger partial charge on any atom is -0.465 e. The number of esters is 1. The lowest BCUT2D eigenvalue weighted by Crippen LogP contribution is -2.35. The quantitative estimate of drug-likeness (QED) is 0.115. The molecule has 326 valence electrons. The highest BCUT2D eigenvalue weighted by atomic mass is 35.5. The molecule has 4 aromatic carbocycles. The van der Waals surface area contributed by atoms with Gasteiger partial charge >= 0.3 is 12.1 Å². The number of carbonyl (C=O) groups is 3. The fourth-order valence-corrected chi connectivity index (χ4v) is 7.34. The molecule has 7 rings (SSSR count). The summed E-state index contributed by atoms with van der Waals surface area (Å²) in [6.07, 6.45) is 1.45. The number of likely N-dealkylation sites (tertiary alicyclic amines) is 1. The minimum atomic E-state index is -4.81. The zero-order valence-electron chi connectivity index (χ0n) is 35.6. The predicted molar refractivity (Wildman–Crippen MR) is 237 cm³/mol. The van der Waals surface area contributed by atoms with Crippen molar-refractivity contribution in [3.05, 3.63) is 129 Å². The Labute approximate surface area is 363 Å². The van der Waals surface area contributed by atoms with Gasteiger partial charge < -0.3 is 25.2 Å². The van der Waals surface area contributed by atoms with Crippen LogP contribution in [-0.4, -0.2) is 71.3 Å². The largest absolute Gasteiger partial charge is 0.465 e. The molecule has 2 aromatic heterocycles. The highest BCUT2D eigenvalue weighted by Gasteiger charge is 2.34. The van der Waals surface area contributed by atoms with Crippen LogP contribution in [0.2, 0.25) is 5.02 Å². The molecule has 0 bridgehead atoms. The van der Waals surface area contributed by atoms with Gasteiger partial charge in [0.05, 0.1) is 40.1 Å². The van der Waals surface area contributed by atoms with Gasteiger partial charge in [-0.15, -0.1) is 0 Å². The van der Waals surface area contributed by atoms with Gasteiger partial charge in [0.2, 0.25) is 0 Å². The minimum absolute atomic E-state index is 0.0174. The third-order valence-electron chi connectivity index (χ3n) is 10.4. The Morgan fingerprint density at radius 1 is 0.806 bits per heavy atom. The molecule has 1 aliphatic rings. The van der Waals surface area contributed by atoms with Crippen molar-refractivity contribution >= 4 is 73.9 Å². The van der Waals surface area contributed by atoms with Crippen LogP contribution in [0.3, 0.4) is 0 Å². The van der Waals surface area contributed by atoms with E-state index in [2.05, 4.69) is 20.6 Å². The number of hydrogen-bond acceptors (Lipinski definition) is 8. The molecule has 0 spiro atoms. The van der Waals surface area contributed by atoms with E-state index in [0.29, 0.717) is 46.0 Å². The maximum atomic E-state index is 13.6. The summed E-state index contributed by atoms with van der Waals surface area (Å²) in [6.45, 7) is 11.8. The van der Waals surface area contributed by atoms with Gasteiger partial charge in [-0.1, -0.05) is 67.9 Å². The van der Waals surface area contributed by atoms with Crippen LogP contribution in [0, 0.1) is 19.7 Å². The molecule has 6 aromatic rings. The zero-order chi connectivity index (χ0) is 45.3. The molecule has 0 saturated carbocycles. The fraction of sp³-hybridized carbons (Fsp3) is 0.298. The predicted octanol–water partition coefficient (Wildman–Crippen LogP) is 11.9. The molecular formula is C47H49ClF4N6O4. The zero-order valence-corrected chi connectivity index (χ0v) is 36.4. The Balaban J connectivity index is 0.000000226. The molecule has 0 radical (unpaired) electrons. The number of aromatic nitrogens is 2. The Hall–Kier alpha value is -6.28. The van der Waals surface area contributed by atoms with Gasteiger partial charge in [0.25, 0.3) is 11.8 Å². The van der Waals surface area contributed by atoms with Crippen molar-refractivity contribution in [2.24, 2.45) is 0 Å². The van der Waals surface area contributed by atoms with Crippen LogP contribution in [0.5, 0.6) is 0 Å². The number of carbonyl (C=O) groups excluding carboxylic acids is 3. The molecule has 0 unspecified atom stereocenters. The summed E-state index contributed by atoms with van der Waals surface area (Å²) in [5.41, 5.74) is 2.33. The van der Waals surface area contributed by atoms with Crippen molar-refractivity contribution in [1.29, 1.82) is 0 Å². The van der Waals surface area contributed by atoms with E-state index in [1.165, 1.54) is 19.4 Å². The van der Waals surface area contributed by atoms with Gasteiger partial charge in [-0.25, -0.2) is 19.2 Å². The fourth-order valence-electron chi connectivity index (χ4n) is 7.09. The van der Waals surface area contributed by atoms with Gasteiger partial charge in [-0.05, 0) is 81.5 Å². The molecule has 62 heavy (non-hydrogen) atoms. The van der Waals surface area contributed by atoms with Crippen LogP contribution in [0.15, 0.2) is 85.2 Å². The standard InChI is InChI=1S/C24H24ClN3O3.C21H19F4N3O.C2H6/c1-15-8-6-9-16-20(15)18(23(29)28-12-4-3-5-13-28)14-26-22(16)27-19-11-7-10-17(21(19)25)24(30)31-2;1-4-28(3)20(29)15-11-26-19(14-7-5-6-12(2)18(14)15)27-13-8-9-17(22)16(10-13)21(23,24)25;1-2/h6-11,14H,3-5,12-13H2,1-2H3,(H,26,27);5-11H,4H2,1-3H3,(H,26,27);1-2H3. The first-order valence-corrected chi connectivity index (χ1v) is 20.6. The second kappa shape index (κ2) is 20.5. The third kappa shape index (κ3) is 10.2. The molecule has 1 saturated heterocycles. The van der Waals surface area contributed by atoms with Crippen LogP contribution in [0.4, 0.5) is 40.6 Å². The summed E-state index contributed by atoms with van der Waals surface area (Å²) < 4.78 is 57.4. The number of nitrogens with zero attached hydrogens (tertiary/aromatic N) is 4. The van der Waals surface area contributed by atoms with E-state index >= 15 is 0 Å². The normalized spacial score (nSPS) is 12.4. The number of halogens is 5. The van der Waals surface area contributed by atoms with Crippen LogP contribution in [-0.2, 0) is 10.9 Å². The third-order valence-corrected chi connectivity index (χ3v) is 10.8. The molecule has 10 nitrogen and oxygen atoms in total. The molecular weight excluding hydrogens is 824 g/mol. The number of pyridine rings is 2. The van der Waals surface area contributed by atoms with E-state index < -0.39 is 23.5 Å². The average molecular weight is 873 g/mol. The monoisotopic (exact) mass is 872 g/mol. The van der Waals surface area contributed by atoms with E-state index in [9.17, 15) is 31.9 Å². The summed E-state index contributed by atoms with van der Waals surface area (Å²) in [7, 11) is 2.99. The highest BCUT2D eigenvalue weighted by Crippen LogP contribution is 2.36. The smallest absolute Gasteiger partial charge is 0.419 e. The molecule has 0 aliphatic carbocycles. The number of fused-ring (bicyclic) bond motifs is 2. The lowest BCUT2D eigenvalue weighted by molar-refractivity contribution is -0.139. The van der Waals surface area contributed by atoms with Crippen LogP contribution in [0.25, 0.3) is 21.5 Å². The van der Waals surface area contributed by atoms with Crippen molar-refractivity contribution in [2.45, 2.75) is 60.1 Å². The number of amides is 2. The van der Waals surface area contributed by atoms with Crippen LogP contribution < -0.4 is 10.6 Å². The SMILES string of the molecule is CC.CCN(C)C(=O)c1cnc(Nc2ccc(F)c(C(F)(F)F)c2)c2cccc(C)c12.COC(=O)c1cccc(Nc2ncc(C(=O)N3CCCCC3)c3c(C)cccc23)c1Cl. The number of methoxy groups -OCH3 is 1. The number of ether oxygens (including phenoxy) is 1. The first-order chi connectivity index (χ1) is 29.6. The van der Waals surface area contributed by atoms with Crippen molar-refractivity contribution in [2.75, 3.05) is 44.4 Å².